The minimum atomic E-state index is 0.767. The van der Waals surface area contributed by atoms with E-state index in [4.69, 9.17) is 10.5 Å². The third-order valence-corrected chi connectivity index (χ3v) is 3.31. The fourth-order valence-electron chi connectivity index (χ4n) is 2.09. The molecule has 1 aromatic heterocycles. The normalized spacial score (nSPS) is 10.8. The summed E-state index contributed by atoms with van der Waals surface area (Å²) in [6.45, 7) is 4.72. The van der Waals surface area contributed by atoms with Crippen LogP contribution >= 0.6 is 0 Å². The van der Waals surface area contributed by atoms with Gasteiger partial charge in [0.25, 0.3) is 0 Å². The zero-order valence-electron chi connectivity index (χ0n) is 12.0. The second-order valence-corrected chi connectivity index (χ2v) is 4.69. The van der Waals surface area contributed by atoms with Gasteiger partial charge in [-0.2, -0.15) is 0 Å². The quantitative estimate of drug-likeness (QED) is 0.821. The molecule has 0 spiro atoms. The molecule has 2 aromatic rings. The van der Waals surface area contributed by atoms with Crippen molar-refractivity contribution in [2.75, 3.05) is 19.4 Å². The van der Waals surface area contributed by atoms with Gasteiger partial charge in [-0.05, 0) is 30.3 Å². The molecule has 1 heterocycles. The Kier molecular flexibility index (Phi) is 4.96. The fraction of sp³-hybridized carbons (Fsp3) is 0.312. The summed E-state index contributed by atoms with van der Waals surface area (Å²) in [4.78, 5) is 6.67. The van der Waals surface area contributed by atoms with Crippen molar-refractivity contribution >= 4 is 5.69 Å². The number of nitrogens with two attached hydrogens (primary N) is 1. The van der Waals surface area contributed by atoms with Crippen molar-refractivity contribution < 1.29 is 4.74 Å². The van der Waals surface area contributed by atoms with Gasteiger partial charge in [-0.3, -0.25) is 9.88 Å². The molecule has 0 unspecified atom stereocenters. The summed E-state index contributed by atoms with van der Waals surface area (Å²) in [7, 11) is 1.65. The third kappa shape index (κ3) is 3.71. The van der Waals surface area contributed by atoms with Gasteiger partial charge < -0.3 is 10.5 Å². The van der Waals surface area contributed by atoms with Crippen LogP contribution in [-0.4, -0.2) is 23.5 Å². The highest BCUT2D eigenvalue weighted by molar-refractivity contribution is 5.51. The molecule has 4 heteroatoms. The molecule has 106 valence electrons. The minimum absolute atomic E-state index is 0.767. The molecule has 0 saturated carbocycles. The van der Waals surface area contributed by atoms with E-state index in [1.165, 1.54) is 0 Å². The Morgan fingerprint density at radius 3 is 2.65 bits per heavy atom. The van der Waals surface area contributed by atoms with Crippen molar-refractivity contribution in [1.29, 1.82) is 0 Å². The monoisotopic (exact) mass is 271 g/mol. The van der Waals surface area contributed by atoms with E-state index < -0.39 is 0 Å². The van der Waals surface area contributed by atoms with Crippen LogP contribution in [0, 0.1) is 0 Å². The van der Waals surface area contributed by atoms with Crippen molar-refractivity contribution in [1.82, 2.24) is 9.88 Å². The number of hydrogen-bond acceptors (Lipinski definition) is 4. The molecule has 0 aliphatic heterocycles. The Hall–Kier alpha value is -2.07. The predicted octanol–water partition coefficient (Wildman–Crippen LogP) is 2.69. The van der Waals surface area contributed by atoms with Gasteiger partial charge in [-0.25, -0.2) is 0 Å². The number of ether oxygens (including phenoxy) is 1. The van der Waals surface area contributed by atoms with E-state index in [-0.39, 0.29) is 0 Å². The molecule has 0 aliphatic carbocycles. The predicted molar refractivity (Wildman–Crippen MR) is 81.4 cm³/mol. The van der Waals surface area contributed by atoms with Gasteiger partial charge in [0, 0.05) is 31.0 Å². The number of pyridine rings is 1. The van der Waals surface area contributed by atoms with E-state index in [2.05, 4.69) is 16.8 Å². The molecule has 1 aromatic carbocycles. The first-order valence-electron chi connectivity index (χ1n) is 6.77. The molecule has 2 rings (SSSR count). The molecule has 4 nitrogen and oxygen atoms in total. The zero-order chi connectivity index (χ0) is 14.4. The van der Waals surface area contributed by atoms with Crippen LogP contribution in [0.15, 0.2) is 42.6 Å². The maximum Gasteiger partial charge on any atom is 0.120 e. The Morgan fingerprint density at radius 2 is 2.05 bits per heavy atom. The first kappa shape index (κ1) is 14.3. The van der Waals surface area contributed by atoms with E-state index in [1.807, 2.05) is 42.6 Å². The van der Waals surface area contributed by atoms with Gasteiger partial charge in [-0.1, -0.05) is 19.1 Å². The van der Waals surface area contributed by atoms with Crippen LogP contribution in [0.5, 0.6) is 5.75 Å². The average Bonchev–Trinajstić information content (AvgIpc) is 2.49. The van der Waals surface area contributed by atoms with E-state index >= 15 is 0 Å². The van der Waals surface area contributed by atoms with Crippen LogP contribution in [0.4, 0.5) is 5.69 Å². The molecule has 0 saturated heterocycles. The summed E-state index contributed by atoms with van der Waals surface area (Å²) in [6.07, 6.45) is 1.82. The fourth-order valence-corrected chi connectivity index (χ4v) is 2.09. The van der Waals surface area contributed by atoms with Crippen molar-refractivity contribution in [2.24, 2.45) is 0 Å². The van der Waals surface area contributed by atoms with Crippen molar-refractivity contribution in [3.63, 3.8) is 0 Å². The summed E-state index contributed by atoms with van der Waals surface area (Å²) in [5, 5.41) is 0. The average molecular weight is 271 g/mol. The Bertz CT molecular complexity index is 543. The highest BCUT2D eigenvalue weighted by Crippen LogP contribution is 2.21. The minimum Gasteiger partial charge on any atom is -0.497 e. The van der Waals surface area contributed by atoms with E-state index in [1.54, 1.807) is 7.11 Å². The molecule has 0 atom stereocenters. The number of aromatic nitrogens is 1. The maximum absolute atomic E-state index is 6.07. The smallest absolute Gasteiger partial charge is 0.120 e. The number of nitrogens with zero attached hydrogens (tertiary/aromatic N) is 2. The lowest BCUT2D eigenvalue weighted by molar-refractivity contribution is 0.268. The number of nitrogen functional groups attached to an aromatic ring is 1. The number of benzene rings is 1. The summed E-state index contributed by atoms with van der Waals surface area (Å²) in [5.74, 6) is 0.791. The highest BCUT2D eigenvalue weighted by atomic mass is 16.5. The summed E-state index contributed by atoms with van der Waals surface area (Å²) >= 11 is 0. The van der Waals surface area contributed by atoms with Gasteiger partial charge in [0.15, 0.2) is 0 Å². The van der Waals surface area contributed by atoms with Gasteiger partial charge in [0.2, 0.25) is 0 Å². The Morgan fingerprint density at radius 1 is 1.20 bits per heavy atom. The van der Waals surface area contributed by atoms with Gasteiger partial charge in [0.1, 0.15) is 5.75 Å². The summed E-state index contributed by atoms with van der Waals surface area (Å²) in [6, 6.07) is 11.8. The second kappa shape index (κ2) is 6.91. The van der Waals surface area contributed by atoms with Gasteiger partial charge in [-0.15, -0.1) is 0 Å². The molecule has 0 amide bonds. The standard InChI is InChI=1S/C16H21N3O/c1-3-19(12-14-6-4-5-9-18-14)11-13-7-8-15(20-2)10-16(13)17/h4-10H,3,11-12,17H2,1-2H3. The van der Waals surface area contributed by atoms with Crippen molar-refractivity contribution in [3.8, 4) is 5.75 Å². The van der Waals surface area contributed by atoms with E-state index in [0.717, 1.165) is 42.3 Å². The zero-order valence-corrected chi connectivity index (χ0v) is 12.0. The first-order chi connectivity index (χ1) is 9.72. The number of rotatable bonds is 6. The second-order valence-electron chi connectivity index (χ2n) is 4.69. The Labute approximate surface area is 120 Å². The van der Waals surface area contributed by atoms with E-state index in [0.29, 0.717) is 0 Å². The SMILES string of the molecule is CCN(Cc1ccccn1)Cc1ccc(OC)cc1N. The van der Waals surface area contributed by atoms with Crippen LogP contribution in [-0.2, 0) is 13.1 Å². The molecule has 0 fully saturated rings. The third-order valence-electron chi connectivity index (χ3n) is 3.31. The molecule has 20 heavy (non-hydrogen) atoms. The van der Waals surface area contributed by atoms with Crippen molar-refractivity contribution in [2.45, 2.75) is 20.0 Å². The van der Waals surface area contributed by atoms with Crippen LogP contribution in [0.1, 0.15) is 18.2 Å². The number of hydrogen-bond donors (Lipinski definition) is 1. The maximum atomic E-state index is 6.07. The first-order valence-corrected chi connectivity index (χ1v) is 6.77. The lowest BCUT2D eigenvalue weighted by atomic mass is 10.1. The molecule has 0 bridgehead atoms. The van der Waals surface area contributed by atoms with Crippen molar-refractivity contribution in [3.05, 3.63) is 53.9 Å². The largest absolute Gasteiger partial charge is 0.497 e. The van der Waals surface area contributed by atoms with Crippen LogP contribution in [0.25, 0.3) is 0 Å². The van der Waals surface area contributed by atoms with Crippen LogP contribution in [0.3, 0.4) is 0 Å². The van der Waals surface area contributed by atoms with Gasteiger partial charge >= 0.3 is 0 Å². The molecular formula is C16H21N3O. The molecular weight excluding hydrogens is 250 g/mol. The topological polar surface area (TPSA) is 51.4 Å². The lowest BCUT2D eigenvalue weighted by Gasteiger charge is -2.21. The lowest BCUT2D eigenvalue weighted by Crippen LogP contribution is -2.23. The van der Waals surface area contributed by atoms with Gasteiger partial charge in [0.05, 0.1) is 12.8 Å². The van der Waals surface area contributed by atoms with E-state index in [9.17, 15) is 0 Å². The molecule has 2 N–H and O–H groups in total. The van der Waals surface area contributed by atoms with Crippen LogP contribution < -0.4 is 10.5 Å². The van der Waals surface area contributed by atoms with Crippen LogP contribution in [0.2, 0.25) is 0 Å². The molecule has 0 radical (unpaired) electrons. The molecule has 0 aliphatic rings. The Balaban J connectivity index is 2.06. The highest BCUT2D eigenvalue weighted by Gasteiger charge is 2.08. The summed E-state index contributed by atoms with van der Waals surface area (Å²) < 4.78 is 5.17. The number of anilines is 1. The summed E-state index contributed by atoms with van der Waals surface area (Å²) in [5.41, 5.74) is 9.02. The number of methoxy groups -OCH3 is 1.